The lowest BCUT2D eigenvalue weighted by molar-refractivity contribution is 1.31. The molecule has 9 aromatic carbocycles. The minimum absolute atomic E-state index is 1.13. The Labute approximate surface area is 327 Å². The first-order valence-corrected chi connectivity index (χ1v) is 20.3. The van der Waals surface area contributed by atoms with E-state index in [0.717, 1.165) is 11.4 Å². The lowest BCUT2D eigenvalue weighted by atomic mass is 9.96. The number of hydrogen-bond acceptors (Lipinski definition) is 3. The SMILES string of the molecule is c1ccc(-c2cc(-c3ccccc3)c3sc4c(N(c5ccc(-c6cccc7ccccc67)cc5)c5ccc6c(c5)sc5ccccc56)cccc4c3c2)cc1. The predicted molar refractivity (Wildman–Crippen MR) is 241 cm³/mol. The molecule has 11 rings (SSSR count). The summed E-state index contributed by atoms with van der Waals surface area (Å²) < 4.78 is 5.18. The molecule has 0 radical (unpaired) electrons. The van der Waals surface area contributed by atoms with Gasteiger partial charge in [0.25, 0.3) is 0 Å². The van der Waals surface area contributed by atoms with Crippen molar-refractivity contribution in [3.8, 4) is 33.4 Å². The minimum atomic E-state index is 1.13. The maximum absolute atomic E-state index is 2.47. The zero-order valence-electron chi connectivity index (χ0n) is 29.8. The Morgan fingerprint density at radius 2 is 0.945 bits per heavy atom. The molecule has 0 fully saturated rings. The number of nitrogens with zero attached hydrogens (tertiary/aromatic N) is 1. The third-order valence-corrected chi connectivity index (χ3v) is 13.3. The third-order valence-electron chi connectivity index (χ3n) is 10.9. The van der Waals surface area contributed by atoms with Gasteiger partial charge < -0.3 is 4.90 Å². The van der Waals surface area contributed by atoms with Crippen molar-refractivity contribution >= 4 is 90.9 Å². The van der Waals surface area contributed by atoms with E-state index in [9.17, 15) is 0 Å². The van der Waals surface area contributed by atoms with Crippen LogP contribution < -0.4 is 4.90 Å². The van der Waals surface area contributed by atoms with Crippen LogP contribution in [-0.4, -0.2) is 0 Å². The molecule has 3 heteroatoms. The molecule has 1 nitrogen and oxygen atoms in total. The number of thiophene rings is 2. The van der Waals surface area contributed by atoms with Crippen LogP contribution in [-0.2, 0) is 0 Å². The van der Waals surface area contributed by atoms with Crippen molar-refractivity contribution in [3.63, 3.8) is 0 Å². The van der Waals surface area contributed by atoms with Crippen LogP contribution in [0.2, 0.25) is 0 Å². The van der Waals surface area contributed by atoms with Gasteiger partial charge >= 0.3 is 0 Å². The average Bonchev–Trinajstić information content (AvgIpc) is 3.83. The van der Waals surface area contributed by atoms with E-state index < -0.39 is 0 Å². The van der Waals surface area contributed by atoms with Crippen LogP contribution in [0.5, 0.6) is 0 Å². The van der Waals surface area contributed by atoms with E-state index in [1.54, 1.807) is 0 Å². The van der Waals surface area contributed by atoms with Crippen LogP contribution in [0, 0.1) is 0 Å². The van der Waals surface area contributed by atoms with Gasteiger partial charge in [-0.3, -0.25) is 0 Å². The van der Waals surface area contributed by atoms with Crippen molar-refractivity contribution in [1.29, 1.82) is 0 Å². The second-order valence-corrected chi connectivity index (χ2v) is 16.2. The molecule has 0 saturated heterocycles. The van der Waals surface area contributed by atoms with Crippen LogP contribution in [0.1, 0.15) is 0 Å². The van der Waals surface area contributed by atoms with E-state index in [0.29, 0.717) is 0 Å². The van der Waals surface area contributed by atoms with Gasteiger partial charge in [-0.25, -0.2) is 0 Å². The second-order valence-electron chi connectivity index (χ2n) is 14.1. The van der Waals surface area contributed by atoms with Gasteiger partial charge in [-0.2, -0.15) is 0 Å². The molecule has 0 spiro atoms. The van der Waals surface area contributed by atoms with E-state index in [2.05, 4.69) is 205 Å². The summed E-state index contributed by atoms with van der Waals surface area (Å²) in [6.45, 7) is 0. The van der Waals surface area contributed by atoms with E-state index in [4.69, 9.17) is 0 Å². The highest BCUT2D eigenvalue weighted by Crippen LogP contribution is 2.49. The molecule has 0 aliphatic rings. The molecule has 0 amide bonds. The molecule has 2 heterocycles. The Balaban J connectivity index is 1.14. The van der Waals surface area contributed by atoms with Crippen LogP contribution in [0.3, 0.4) is 0 Å². The lowest BCUT2D eigenvalue weighted by Gasteiger charge is -2.26. The fraction of sp³-hybridized carbons (Fsp3) is 0. The fourth-order valence-electron chi connectivity index (χ4n) is 8.24. The van der Waals surface area contributed by atoms with Gasteiger partial charge in [-0.1, -0.05) is 152 Å². The molecule has 0 atom stereocenters. The van der Waals surface area contributed by atoms with E-state index >= 15 is 0 Å². The first-order chi connectivity index (χ1) is 27.3. The Morgan fingerprint density at radius 3 is 1.78 bits per heavy atom. The van der Waals surface area contributed by atoms with Crippen LogP contribution in [0.4, 0.5) is 17.1 Å². The van der Waals surface area contributed by atoms with Gasteiger partial charge in [0.2, 0.25) is 0 Å². The fourth-order valence-corrected chi connectivity index (χ4v) is 10.7. The minimum Gasteiger partial charge on any atom is -0.309 e. The molecule has 11 aromatic rings. The number of rotatable bonds is 6. The van der Waals surface area contributed by atoms with Crippen molar-refractivity contribution in [2.24, 2.45) is 0 Å². The summed E-state index contributed by atoms with van der Waals surface area (Å²) in [7, 11) is 0. The summed E-state index contributed by atoms with van der Waals surface area (Å²) in [5, 5.41) is 7.69. The molecule has 0 aliphatic carbocycles. The molecule has 2 aromatic heterocycles. The van der Waals surface area contributed by atoms with E-state index in [-0.39, 0.29) is 0 Å². The van der Waals surface area contributed by atoms with Crippen molar-refractivity contribution in [1.82, 2.24) is 0 Å². The van der Waals surface area contributed by atoms with Gasteiger partial charge in [-0.15, -0.1) is 22.7 Å². The summed E-state index contributed by atoms with van der Waals surface area (Å²) >= 11 is 3.77. The quantitative estimate of drug-likeness (QED) is 0.164. The summed E-state index contributed by atoms with van der Waals surface area (Å²) in [5.41, 5.74) is 10.9. The van der Waals surface area contributed by atoms with Gasteiger partial charge in [-0.05, 0) is 87.1 Å². The highest BCUT2D eigenvalue weighted by molar-refractivity contribution is 7.27. The molecule has 0 saturated carbocycles. The standard InChI is InChI=1S/C52H33NS2/c1-3-13-34(14-4-1)38-31-46(36-15-5-2-6-16-36)51-47(32-38)45-22-12-23-48(52(45)55-51)53(40-29-30-44-43-20-9-10-24-49(43)54-50(44)33-40)39-27-25-37(26-28-39)42-21-11-18-35-17-7-8-19-41(35)42/h1-33H. The smallest absolute Gasteiger partial charge is 0.0640 e. The largest absolute Gasteiger partial charge is 0.309 e. The van der Waals surface area contributed by atoms with Crippen LogP contribution in [0.15, 0.2) is 200 Å². The number of fused-ring (bicyclic) bond motifs is 7. The van der Waals surface area contributed by atoms with E-state index in [1.165, 1.54) is 90.2 Å². The second kappa shape index (κ2) is 13.1. The summed E-state index contributed by atoms with van der Waals surface area (Å²) in [5.74, 6) is 0. The molecule has 0 bridgehead atoms. The van der Waals surface area contributed by atoms with Crippen molar-refractivity contribution in [2.75, 3.05) is 4.90 Å². The molecule has 0 unspecified atom stereocenters. The van der Waals surface area contributed by atoms with E-state index in [1.807, 2.05) is 22.7 Å². The third kappa shape index (κ3) is 5.43. The highest BCUT2D eigenvalue weighted by Gasteiger charge is 2.21. The summed E-state index contributed by atoms with van der Waals surface area (Å²) in [6.07, 6.45) is 0. The van der Waals surface area contributed by atoms with Gasteiger partial charge in [0.1, 0.15) is 0 Å². The predicted octanol–water partition coefficient (Wildman–Crippen LogP) is 16.0. The molecular weight excluding hydrogens is 703 g/mol. The van der Waals surface area contributed by atoms with Crippen molar-refractivity contribution < 1.29 is 0 Å². The number of anilines is 3. The normalized spacial score (nSPS) is 11.6. The molecular formula is C52H33NS2. The van der Waals surface area contributed by atoms with Gasteiger partial charge in [0.05, 0.1) is 10.4 Å². The maximum Gasteiger partial charge on any atom is 0.0640 e. The van der Waals surface area contributed by atoms with Crippen LogP contribution in [0.25, 0.3) is 84.5 Å². The maximum atomic E-state index is 2.47. The van der Waals surface area contributed by atoms with Gasteiger partial charge in [0, 0.05) is 52.6 Å². The monoisotopic (exact) mass is 735 g/mol. The first kappa shape index (κ1) is 32.0. The van der Waals surface area contributed by atoms with Crippen LogP contribution >= 0.6 is 22.7 Å². The molecule has 0 aliphatic heterocycles. The Kier molecular flexibility index (Phi) is 7.61. The van der Waals surface area contributed by atoms with Crippen molar-refractivity contribution in [2.45, 2.75) is 0 Å². The average molecular weight is 736 g/mol. The summed E-state index contributed by atoms with van der Waals surface area (Å²) in [6, 6.07) is 73.4. The van der Waals surface area contributed by atoms with Crippen molar-refractivity contribution in [3.05, 3.63) is 200 Å². The number of benzene rings is 9. The topological polar surface area (TPSA) is 3.24 Å². The lowest BCUT2D eigenvalue weighted by Crippen LogP contribution is -2.10. The van der Waals surface area contributed by atoms with Gasteiger partial charge in [0.15, 0.2) is 0 Å². The number of hydrogen-bond donors (Lipinski definition) is 0. The zero-order chi connectivity index (χ0) is 36.3. The zero-order valence-corrected chi connectivity index (χ0v) is 31.4. The Bertz CT molecular complexity index is 3190. The Morgan fingerprint density at radius 1 is 0.309 bits per heavy atom. The molecule has 0 N–H and O–H groups in total. The Hall–Kier alpha value is -6.52. The molecule has 258 valence electrons. The molecule has 55 heavy (non-hydrogen) atoms. The first-order valence-electron chi connectivity index (χ1n) is 18.7. The summed E-state index contributed by atoms with van der Waals surface area (Å²) in [4.78, 5) is 2.47. The highest BCUT2D eigenvalue weighted by atomic mass is 32.1.